The monoisotopic (exact) mass is 451 g/mol. The van der Waals surface area contributed by atoms with E-state index in [1.165, 1.54) is 18.3 Å². The second kappa shape index (κ2) is 8.30. The fourth-order valence-electron chi connectivity index (χ4n) is 3.54. The van der Waals surface area contributed by atoms with Crippen LogP contribution in [0.5, 0.6) is 0 Å². The van der Waals surface area contributed by atoms with Crippen molar-refractivity contribution in [3.63, 3.8) is 0 Å². The molecule has 1 saturated heterocycles. The molecular weight excluding hydrogens is 434 g/mol. The van der Waals surface area contributed by atoms with Gasteiger partial charge in [-0.2, -0.15) is 13.2 Å². The number of anilines is 2. The van der Waals surface area contributed by atoms with Crippen molar-refractivity contribution in [2.75, 3.05) is 36.0 Å². The maximum Gasteiger partial charge on any atom is 0.419 e. The number of nitrogens with zero attached hydrogens (tertiary/aromatic N) is 5. The second-order valence-electron chi connectivity index (χ2n) is 7.19. The number of piperazine rings is 1. The minimum absolute atomic E-state index is 0.0426. The van der Waals surface area contributed by atoms with E-state index in [-0.39, 0.29) is 16.9 Å². The first-order chi connectivity index (χ1) is 14.7. The van der Waals surface area contributed by atoms with E-state index >= 15 is 0 Å². The predicted octanol–water partition coefficient (Wildman–Crippen LogP) is 4.98. The molecule has 1 fully saturated rings. The topological polar surface area (TPSA) is 45.2 Å². The lowest BCUT2D eigenvalue weighted by Crippen LogP contribution is -2.47. The summed E-state index contributed by atoms with van der Waals surface area (Å²) in [5.41, 5.74) is 0.983. The van der Waals surface area contributed by atoms with Gasteiger partial charge in [-0.1, -0.05) is 0 Å². The van der Waals surface area contributed by atoms with Gasteiger partial charge in [0.25, 0.3) is 0 Å². The molecule has 0 amide bonds. The minimum Gasteiger partial charge on any atom is -0.353 e. The van der Waals surface area contributed by atoms with Gasteiger partial charge in [0.2, 0.25) is 5.28 Å². The van der Waals surface area contributed by atoms with Gasteiger partial charge in [0.1, 0.15) is 17.5 Å². The molecule has 162 valence electrons. The smallest absolute Gasteiger partial charge is 0.353 e. The van der Waals surface area contributed by atoms with E-state index in [1.807, 2.05) is 4.90 Å². The van der Waals surface area contributed by atoms with Crippen molar-refractivity contribution in [2.45, 2.75) is 13.1 Å². The molecule has 0 unspecified atom stereocenters. The standard InChI is InChI=1S/C21H18ClF4N5/c1-13-11-14(4-5-16(13)23)17-12-18(29-20(22)28-17)30-7-9-31(10-8-30)19-15(21(24,25)26)3-2-6-27-19/h2-6,11-12H,7-10H2,1H3. The van der Waals surface area contributed by atoms with E-state index in [0.29, 0.717) is 48.8 Å². The number of aromatic nitrogens is 3. The van der Waals surface area contributed by atoms with Crippen molar-refractivity contribution in [3.8, 4) is 11.3 Å². The fraction of sp³-hybridized carbons (Fsp3) is 0.286. The molecule has 3 heterocycles. The van der Waals surface area contributed by atoms with Crippen molar-refractivity contribution >= 4 is 23.2 Å². The van der Waals surface area contributed by atoms with E-state index in [4.69, 9.17) is 11.6 Å². The van der Waals surface area contributed by atoms with E-state index < -0.39 is 11.7 Å². The molecule has 0 bridgehead atoms. The first-order valence-corrected chi connectivity index (χ1v) is 9.93. The fourth-order valence-corrected chi connectivity index (χ4v) is 3.71. The molecule has 0 spiro atoms. The Hall–Kier alpha value is -2.94. The Morgan fingerprint density at radius 1 is 0.968 bits per heavy atom. The van der Waals surface area contributed by atoms with Crippen LogP contribution in [0.1, 0.15) is 11.1 Å². The maximum atomic E-state index is 13.6. The average molecular weight is 452 g/mol. The highest BCUT2D eigenvalue weighted by atomic mass is 35.5. The molecule has 3 aromatic rings. The zero-order chi connectivity index (χ0) is 22.2. The van der Waals surface area contributed by atoms with Crippen molar-refractivity contribution in [2.24, 2.45) is 0 Å². The summed E-state index contributed by atoms with van der Waals surface area (Å²) >= 11 is 6.12. The summed E-state index contributed by atoms with van der Waals surface area (Å²) in [5.74, 6) is 0.180. The maximum absolute atomic E-state index is 13.6. The third-order valence-corrected chi connectivity index (χ3v) is 5.30. The highest BCUT2D eigenvalue weighted by Gasteiger charge is 2.36. The van der Waals surface area contributed by atoms with Crippen molar-refractivity contribution in [3.05, 3.63) is 64.8 Å². The molecule has 0 radical (unpaired) electrons. The third kappa shape index (κ3) is 4.56. The van der Waals surface area contributed by atoms with Crippen LogP contribution in [0.25, 0.3) is 11.3 Å². The molecule has 5 nitrogen and oxygen atoms in total. The minimum atomic E-state index is -4.47. The molecule has 31 heavy (non-hydrogen) atoms. The van der Waals surface area contributed by atoms with E-state index in [2.05, 4.69) is 15.0 Å². The lowest BCUT2D eigenvalue weighted by atomic mass is 10.1. The molecule has 1 aromatic carbocycles. The molecule has 0 N–H and O–H groups in total. The van der Waals surface area contributed by atoms with Gasteiger partial charge in [0, 0.05) is 44.0 Å². The summed E-state index contributed by atoms with van der Waals surface area (Å²) in [6, 6.07) is 8.72. The van der Waals surface area contributed by atoms with Crippen LogP contribution in [0.15, 0.2) is 42.6 Å². The van der Waals surface area contributed by atoms with Crippen LogP contribution in [-0.2, 0) is 6.18 Å². The van der Waals surface area contributed by atoms with Crippen molar-refractivity contribution in [1.82, 2.24) is 15.0 Å². The van der Waals surface area contributed by atoms with Gasteiger partial charge in [-0.05, 0) is 54.4 Å². The van der Waals surface area contributed by atoms with Crippen molar-refractivity contribution in [1.29, 1.82) is 0 Å². The zero-order valence-corrected chi connectivity index (χ0v) is 17.3. The zero-order valence-electron chi connectivity index (χ0n) is 16.5. The Bertz CT molecular complexity index is 1100. The Balaban J connectivity index is 1.55. The number of halogens is 5. The van der Waals surface area contributed by atoms with Gasteiger partial charge in [-0.15, -0.1) is 0 Å². The number of hydrogen-bond acceptors (Lipinski definition) is 5. The molecule has 10 heteroatoms. The summed E-state index contributed by atoms with van der Waals surface area (Å²) in [6.45, 7) is 3.21. The largest absolute Gasteiger partial charge is 0.419 e. The lowest BCUT2D eigenvalue weighted by molar-refractivity contribution is -0.137. The first-order valence-electron chi connectivity index (χ1n) is 9.55. The quantitative estimate of drug-likeness (QED) is 0.415. The molecule has 1 aliphatic heterocycles. The SMILES string of the molecule is Cc1cc(-c2cc(N3CCN(c4ncccc4C(F)(F)F)CC3)nc(Cl)n2)ccc1F. The Labute approximate surface area is 181 Å². The summed E-state index contributed by atoms with van der Waals surface area (Å²) in [7, 11) is 0. The molecule has 1 aliphatic rings. The summed E-state index contributed by atoms with van der Waals surface area (Å²) in [5, 5.41) is 0.0426. The highest BCUT2D eigenvalue weighted by molar-refractivity contribution is 6.28. The first kappa shape index (κ1) is 21.3. The predicted molar refractivity (Wildman–Crippen MR) is 111 cm³/mol. The summed E-state index contributed by atoms with van der Waals surface area (Å²) in [4.78, 5) is 16.0. The van der Waals surface area contributed by atoms with Crippen molar-refractivity contribution < 1.29 is 17.6 Å². The number of alkyl halides is 3. The second-order valence-corrected chi connectivity index (χ2v) is 7.53. The van der Waals surface area contributed by atoms with Gasteiger partial charge < -0.3 is 9.80 Å². The molecule has 2 aromatic heterocycles. The van der Waals surface area contributed by atoms with Crippen LogP contribution in [0.2, 0.25) is 5.28 Å². The van der Waals surface area contributed by atoms with Crippen LogP contribution in [0, 0.1) is 12.7 Å². The number of aryl methyl sites for hydroxylation is 1. The number of benzene rings is 1. The Morgan fingerprint density at radius 2 is 1.68 bits per heavy atom. The van der Waals surface area contributed by atoms with Gasteiger partial charge in [-0.25, -0.2) is 19.3 Å². The normalized spacial score (nSPS) is 14.8. The Morgan fingerprint density at radius 3 is 2.35 bits per heavy atom. The van der Waals surface area contributed by atoms with E-state index in [0.717, 1.165) is 6.07 Å². The summed E-state index contributed by atoms with van der Waals surface area (Å²) < 4.78 is 53.5. The number of hydrogen-bond donors (Lipinski definition) is 0. The molecular formula is C21H18ClF4N5. The molecule has 0 saturated carbocycles. The molecule has 4 rings (SSSR count). The molecule has 0 atom stereocenters. The van der Waals surface area contributed by atoms with E-state index in [1.54, 1.807) is 30.0 Å². The average Bonchev–Trinajstić information content (AvgIpc) is 2.75. The van der Waals surface area contributed by atoms with Crippen LogP contribution in [0.3, 0.4) is 0 Å². The number of pyridine rings is 1. The lowest BCUT2D eigenvalue weighted by Gasteiger charge is -2.37. The van der Waals surface area contributed by atoms with Gasteiger partial charge >= 0.3 is 6.18 Å². The van der Waals surface area contributed by atoms with Crippen LogP contribution in [0.4, 0.5) is 29.2 Å². The van der Waals surface area contributed by atoms with Crippen LogP contribution < -0.4 is 9.80 Å². The van der Waals surface area contributed by atoms with Crippen LogP contribution in [-0.4, -0.2) is 41.1 Å². The number of rotatable bonds is 3. The van der Waals surface area contributed by atoms with Crippen LogP contribution >= 0.6 is 11.6 Å². The highest BCUT2D eigenvalue weighted by Crippen LogP contribution is 2.35. The Kier molecular flexibility index (Phi) is 5.70. The van der Waals surface area contributed by atoms with Gasteiger partial charge in [-0.3, -0.25) is 0 Å². The summed E-state index contributed by atoms with van der Waals surface area (Å²) in [6.07, 6.45) is -3.11. The van der Waals surface area contributed by atoms with Gasteiger partial charge in [0.15, 0.2) is 0 Å². The third-order valence-electron chi connectivity index (χ3n) is 5.13. The van der Waals surface area contributed by atoms with E-state index in [9.17, 15) is 17.6 Å². The van der Waals surface area contributed by atoms with Gasteiger partial charge in [0.05, 0.1) is 11.3 Å². The molecule has 0 aliphatic carbocycles.